The van der Waals surface area contributed by atoms with E-state index in [4.69, 9.17) is 16.2 Å². The van der Waals surface area contributed by atoms with Gasteiger partial charge in [0.1, 0.15) is 11.5 Å². The van der Waals surface area contributed by atoms with E-state index in [9.17, 15) is 0 Å². The van der Waals surface area contributed by atoms with Gasteiger partial charge in [-0.3, -0.25) is 0 Å². The number of nitrogen functional groups attached to an aromatic ring is 2. The number of hydrogen-bond donors (Lipinski definition) is 2. The first kappa shape index (κ1) is 23.0. The molecule has 2 fully saturated rings. The van der Waals surface area contributed by atoms with Crippen molar-refractivity contribution in [3.05, 3.63) is 48.0 Å². The Bertz CT molecular complexity index is 831. The molecule has 0 spiro atoms. The summed E-state index contributed by atoms with van der Waals surface area (Å²) in [5.41, 5.74) is 14.5. The monoisotopic (exact) mass is 434 g/mol. The summed E-state index contributed by atoms with van der Waals surface area (Å²) in [4.78, 5) is 0. The Kier molecular flexibility index (Phi) is 8.00. The molecule has 3 nitrogen and oxygen atoms in total. The van der Waals surface area contributed by atoms with Crippen LogP contribution in [0.5, 0.6) is 11.5 Å². The number of nitrogens with two attached hydrogens (primary N) is 2. The van der Waals surface area contributed by atoms with E-state index in [2.05, 4.69) is 31.2 Å². The van der Waals surface area contributed by atoms with Gasteiger partial charge in [0.15, 0.2) is 0 Å². The molecule has 2 aromatic rings. The van der Waals surface area contributed by atoms with E-state index in [0.717, 1.165) is 23.5 Å². The van der Waals surface area contributed by atoms with Gasteiger partial charge in [0.05, 0.1) is 5.69 Å². The first-order valence-electron chi connectivity index (χ1n) is 13.0. The lowest BCUT2D eigenvalue weighted by Gasteiger charge is -2.38. The maximum absolute atomic E-state index is 6.02. The molecule has 2 saturated carbocycles. The molecule has 0 aromatic heterocycles. The van der Waals surface area contributed by atoms with Gasteiger partial charge in [-0.15, -0.1) is 0 Å². The van der Waals surface area contributed by atoms with Crippen molar-refractivity contribution < 1.29 is 4.74 Å². The summed E-state index contributed by atoms with van der Waals surface area (Å²) in [6, 6.07) is 14.0. The number of ether oxygens (including phenoxy) is 1. The number of rotatable bonds is 8. The van der Waals surface area contributed by atoms with E-state index >= 15 is 0 Å². The Morgan fingerprint density at radius 2 is 1.44 bits per heavy atom. The Balaban J connectivity index is 1.23. The molecule has 0 aliphatic heterocycles. The minimum Gasteiger partial charge on any atom is -0.455 e. The molecule has 174 valence electrons. The molecule has 2 aliphatic carbocycles. The third-order valence-corrected chi connectivity index (χ3v) is 8.16. The summed E-state index contributed by atoms with van der Waals surface area (Å²) in [6.45, 7) is 2.31. The highest BCUT2D eigenvalue weighted by Gasteiger charge is 2.31. The van der Waals surface area contributed by atoms with Crippen LogP contribution < -0.4 is 16.2 Å². The molecule has 0 radical (unpaired) electrons. The van der Waals surface area contributed by atoms with Crippen LogP contribution in [-0.2, 0) is 0 Å². The summed E-state index contributed by atoms with van der Waals surface area (Å²) in [6.07, 6.45) is 17.2. The van der Waals surface area contributed by atoms with Crippen LogP contribution >= 0.6 is 0 Å². The zero-order valence-corrected chi connectivity index (χ0v) is 19.9. The van der Waals surface area contributed by atoms with Gasteiger partial charge in [-0.25, -0.2) is 0 Å². The van der Waals surface area contributed by atoms with Crippen LogP contribution in [0.3, 0.4) is 0 Å². The quantitative estimate of drug-likeness (QED) is 0.324. The highest BCUT2D eigenvalue weighted by atomic mass is 16.5. The lowest BCUT2D eigenvalue weighted by Crippen LogP contribution is -2.25. The minimum absolute atomic E-state index is 0.572. The summed E-state index contributed by atoms with van der Waals surface area (Å²) < 4.78 is 5.96. The van der Waals surface area contributed by atoms with Crippen LogP contribution in [0.4, 0.5) is 11.4 Å². The third-order valence-electron chi connectivity index (χ3n) is 8.16. The van der Waals surface area contributed by atoms with Crippen LogP contribution in [0.2, 0.25) is 0 Å². The lowest BCUT2D eigenvalue weighted by molar-refractivity contribution is 0.155. The molecular formula is C29H42N2O. The lowest BCUT2D eigenvalue weighted by atomic mass is 9.68. The Morgan fingerprint density at radius 1 is 0.781 bits per heavy atom. The summed E-state index contributed by atoms with van der Waals surface area (Å²) >= 11 is 0. The minimum atomic E-state index is 0.572. The van der Waals surface area contributed by atoms with Gasteiger partial charge in [-0.05, 0) is 98.1 Å². The molecule has 2 aliphatic rings. The fourth-order valence-corrected chi connectivity index (χ4v) is 6.15. The number of unbranched alkanes of at least 4 members (excludes halogenated alkanes) is 2. The first-order chi connectivity index (χ1) is 15.6. The van der Waals surface area contributed by atoms with E-state index in [1.165, 1.54) is 82.6 Å². The van der Waals surface area contributed by atoms with E-state index in [1.54, 1.807) is 6.07 Å². The molecule has 32 heavy (non-hydrogen) atoms. The predicted octanol–water partition coefficient (Wildman–Crippen LogP) is 8.30. The molecule has 0 bridgehead atoms. The molecule has 0 heterocycles. The van der Waals surface area contributed by atoms with Crippen molar-refractivity contribution in [2.75, 3.05) is 11.5 Å². The zero-order valence-electron chi connectivity index (χ0n) is 19.9. The van der Waals surface area contributed by atoms with Crippen molar-refractivity contribution in [3.8, 4) is 11.5 Å². The molecule has 0 unspecified atom stereocenters. The number of hydrogen-bond acceptors (Lipinski definition) is 3. The van der Waals surface area contributed by atoms with Crippen molar-refractivity contribution in [1.29, 1.82) is 0 Å². The van der Waals surface area contributed by atoms with Crippen molar-refractivity contribution in [3.63, 3.8) is 0 Å². The van der Waals surface area contributed by atoms with Gasteiger partial charge in [0.2, 0.25) is 0 Å². The van der Waals surface area contributed by atoms with Crippen molar-refractivity contribution in [2.45, 2.75) is 89.9 Å². The Labute approximate surface area is 194 Å². The second-order valence-corrected chi connectivity index (χ2v) is 10.4. The standard InChI is InChI=1S/C29H42N2O/c1-2-3-4-5-21-6-8-22(9-7-21)23-10-12-24(13-11-23)25-14-17-27(18-15-25)32-29-19-16-26(30)20-28(29)31/h14-24H,2-13,30-31H2,1H3. The largest absolute Gasteiger partial charge is 0.455 e. The molecule has 3 heteroatoms. The van der Waals surface area contributed by atoms with Gasteiger partial charge in [0, 0.05) is 5.69 Å². The molecule has 4 rings (SSSR count). The molecule has 2 aromatic carbocycles. The van der Waals surface area contributed by atoms with Crippen molar-refractivity contribution in [2.24, 2.45) is 17.8 Å². The molecular weight excluding hydrogens is 392 g/mol. The maximum Gasteiger partial charge on any atom is 0.150 e. The molecule has 0 saturated heterocycles. The highest BCUT2D eigenvalue weighted by molar-refractivity contribution is 5.61. The smallest absolute Gasteiger partial charge is 0.150 e. The fourth-order valence-electron chi connectivity index (χ4n) is 6.15. The summed E-state index contributed by atoms with van der Waals surface area (Å²) in [7, 11) is 0. The second kappa shape index (κ2) is 11.1. The summed E-state index contributed by atoms with van der Waals surface area (Å²) in [5.74, 6) is 5.19. The maximum atomic E-state index is 6.02. The van der Waals surface area contributed by atoms with Crippen LogP contribution in [0.25, 0.3) is 0 Å². The summed E-state index contributed by atoms with van der Waals surface area (Å²) in [5, 5.41) is 0. The fraction of sp³-hybridized carbons (Fsp3) is 0.586. The van der Waals surface area contributed by atoms with Crippen LogP contribution in [-0.4, -0.2) is 0 Å². The van der Waals surface area contributed by atoms with E-state index in [-0.39, 0.29) is 0 Å². The Hall–Kier alpha value is -2.16. The van der Waals surface area contributed by atoms with Gasteiger partial charge >= 0.3 is 0 Å². The SMILES string of the molecule is CCCCCC1CCC(C2CCC(c3ccc(Oc4ccc(N)cc4N)cc3)CC2)CC1. The normalized spacial score (nSPS) is 26.0. The predicted molar refractivity (Wildman–Crippen MR) is 136 cm³/mol. The van der Waals surface area contributed by atoms with Crippen LogP contribution in [0.15, 0.2) is 42.5 Å². The molecule has 4 N–H and O–H groups in total. The second-order valence-electron chi connectivity index (χ2n) is 10.4. The van der Waals surface area contributed by atoms with E-state index in [0.29, 0.717) is 23.0 Å². The average molecular weight is 435 g/mol. The topological polar surface area (TPSA) is 61.3 Å². The van der Waals surface area contributed by atoms with Gasteiger partial charge in [-0.1, -0.05) is 57.6 Å². The van der Waals surface area contributed by atoms with Gasteiger partial charge < -0.3 is 16.2 Å². The average Bonchev–Trinajstić information content (AvgIpc) is 2.82. The number of anilines is 2. The molecule has 0 atom stereocenters. The van der Waals surface area contributed by atoms with Crippen LogP contribution in [0, 0.1) is 17.8 Å². The van der Waals surface area contributed by atoms with Crippen LogP contribution in [0.1, 0.15) is 95.5 Å². The highest BCUT2D eigenvalue weighted by Crippen LogP contribution is 2.44. The van der Waals surface area contributed by atoms with E-state index < -0.39 is 0 Å². The van der Waals surface area contributed by atoms with Gasteiger partial charge in [-0.2, -0.15) is 0 Å². The van der Waals surface area contributed by atoms with Crippen molar-refractivity contribution in [1.82, 2.24) is 0 Å². The first-order valence-corrected chi connectivity index (χ1v) is 13.0. The number of benzene rings is 2. The third kappa shape index (κ3) is 5.99. The van der Waals surface area contributed by atoms with Gasteiger partial charge in [0.25, 0.3) is 0 Å². The Morgan fingerprint density at radius 3 is 2.06 bits per heavy atom. The molecule has 0 amide bonds. The van der Waals surface area contributed by atoms with E-state index in [1.807, 2.05) is 12.1 Å². The van der Waals surface area contributed by atoms with Crippen molar-refractivity contribution >= 4 is 11.4 Å². The zero-order chi connectivity index (χ0) is 22.3.